The summed E-state index contributed by atoms with van der Waals surface area (Å²) in [6.07, 6.45) is 3.89. The molecule has 2 aromatic carbocycles. The standard InChI is InChI=1S/C21H19BrN2O3/c1-27-20(25)14-19(15-7-9-17(22)10-8-15)23-21(26)16-5-4-6-18(13-16)24-11-2-3-12-24/h2-13,19H,14H2,1H3,(H,23,26). The van der Waals surface area contributed by atoms with E-state index in [4.69, 9.17) is 4.74 Å². The Morgan fingerprint density at radius 2 is 1.78 bits per heavy atom. The van der Waals surface area contributed by atoms with Gasteiger partial charge in [-0.05, 0) is 48.0 Å². The number of aromatic nitrogens is 1. The summed E-state index contributed by atoms with van der Waals surface area (Å²) in [5.41, 5.74) is 2.24. The second kappa shape index (κ2) is 8.68. The molecular formula is C21H19BrN2O3. The fourth-order valence-corrected chi connectivity index (χ4v) is 3.02. The summed E-state index contributed by atoms with van der Waals surface area (Å²) in [6.45, 7) is 0. The molecule has 1 heterocycles. The normalized spacial score (nSPS) is 11.6. The largest absolute Gasteiger partial charge is 0.469 e. The zero-order valence-electron chi connectivity index (χ0n) is 14.8. The van der Waals surface area contributed by atoms with Crippen LogP contribution in [0.5, 0.6) is 0 Å². The van der Waals surface area contributed by atoms with E-state index in [1.807, 2.05) is 71.6 Å². The molecule has 3 rings (SSSR count). The SMILES string of the molecule is COC(=O)CC(NC(=O)c1cccc(-n2cccc2)c1)c1ccc(Br)cc1. The molecule has 138 valence electrons. The maximum atomic E-state index is 12.8. The number of hydrogen-bond acceptors (Lipinski definition) is 3. The van der Waals surface area contributed by atoms with Crippen LogP contribution >= 0.6 is 15.9 Å². The second-order valence-corrected chi connectivity index (χ2v) is 6.91. The number of methoxy groups -OCH3 is 1. The van der Waals surface area contributed by atoms with Gasteiger partial charge in [-0.15, -0.1) is 0 Å². The predicted octanol–water partition coefficient (Wildman–Crippen LogP) is 4.27. The van der Waals surface area contributed by atoms with Gasteiger partial charge in [-0.2, -0.15) is 0 Å². The van der Waals surface area contributed by atoms with Crippen molar-refractivity contribution in [3.05, 3.63) is 88.7 Å². The molecule has 0 saturated heterocycles. The van der Waals surface area contributed by atoms with Crippen LogP contribution in [-0.2, 0) is 9.53 Å². The summed E-state index contributed by atoms with van der Waals surface area (Å²) in [6, 6.07) is 18.2. The highest BCUT2D eigenvalue weighted by molar-refractivity contribution is 9.10. The van der Waals surface area contributed by atoms with Crippen LogP contribution in [0.25, 0.3) is 5.69 Å². The summed E-state index contributed by atoms with van der Waals surface area (Å²) in [5.74, 6) is -0.634. The molecule has 0 aliphatic carbocycles. The van der Waals surface area contributed by atoms with Crippen LogP contribution in [0.3, 0.4) is 0 Å². The molecule has 1 atom stereocenters. The lowest BCUT2D eigenvalue weighted by Gasteiger charge is -2.19. The number of benzene rings is 2. The third-order valence-corrected chi connectivity index (χ3v) is 4.72. The van der Waals surface area contributed by atoms with E-state index < -0.39 is 6.04 Å². The average Bonchev–Trinajstić information content (AvgIpc) is 3.23. The third kappa shape index (κ3) is 4.86. The number of ether oxygens (including phenoxy) is 1. The van der Waals surface area contributed by atoms with Gasteiger partial charge in [0, 0.05) is 28.1 Å². The number of halogens is 1. The Kier molecular flexibility index (Phi) is 6.08. The van der Waals surface area contributed by atoms with Gasteiger partial charge in [0.05, 0.1) is 19.6 Å². The molecule has 0 fully saturated rings. The molecule has 3 aromatic rings. The van der Waals surface area contributed by atoms with E-state index in [0.717, 1.165) is 15.7 Å². The van der Waals surface area contributed by atoms with Crippen LogP contribution in [0, 0.1) is 0 Å². The summed E-state index contributed by atoms with van der Waals surface area (Å²) in [7, 11) is 1.34. The summed E-state index contributed by atoms with van der Waals surface area (Å²) >= 11 is 3.39. The number of nitrogens with one attached hydrogen (secondary N) is 1. The molecule has 1 N–H and O–H groups in total. The van der Waals surface area contributed by atoms with E-state index in [0.29, 0.717) is 5.56 Å². The highest BCUT2D eigenvalue weighted by Gasteiger charge is 2.20. The lowest BCUT2D eigenvalue weighted by Crippen LogP contribution is -2.30. The van der Waals surface area contributed by atoms with Crippen molar-refractivity contribution >= 4 is 27.8 Å². The Hall–Kier alpha value is -2.86. The molecule has 6 heteroatoms. The average molecular weight is 427 g/mol. The quantitative estimate of drug-likeness (QED) is 0.598. The minimum Gasteiger partial charge on any atom is -0.469 e. The predicted molar refractivity (Wildman–Crippen MR) is 107 cm³/mol. The molecule has 5 nitrogen and oxygen atoms in total. The zero-order valence-corrected chi connectivity index (χ0v) is 16.3. The van der Waals surface area contributed by atoms with Crippen LogP contribution in [0.4, 0.5) is 0 Å². The maximum Gasteiger partial charge on any atom is 0.307 e. The first-order valence-corrected chi connectivity index (χ1v) is 9.22. The van der Waals surface area contributed by atoms with E-state index in [2.05, 4.69) is 21.2 Å². The Balaban J connectivity index is 1.82. The highest BCUT2D eigenvalue weighted by Crippen LogP contribution is 2.21. The van der Waals surface area contributed by atoms with Crippen LogP contribution in [-0.4, -0.2) is 23.6 Å². The zero-order chi connectivity index (χ0) is 19.2. The first kappa shape index (κ1) is 18.9. The van der Waals surface area contributed by atoms with Gasteiger partial charge in [0.25, 0.3) is 5.91 Å². The van der Waals surface area contributed by atoms with Crippen molar-refractivity contribution in [2.75, 3.05) is 7.11 Å². The number of rotatable bonds is 6. The maximum absolute atomic E-state index is 12.8. The Morgan fingerprint density at radius 3 is 2.44 bits per heavy atom. The van der Waals surface area contributed by atoms with Gasteiger partial charge in [-0.25, -0.2) is 0 Å². The van der Waals surface area contributed by atoms with Crippen LogP contribution in [0.1, 0.15) is 28.4 Å². The Morgan fingerprint density at radius 1 is 1.07 bits per heavy atom. The van der Waals surface area contributed by atoms with Gasteiger partial charge < -0.3 is 14.6 Å². The number of carbonyl (C=O) groups is 2. The lowest BCUT2D eigenvalue weighted by atomic mass is 10.0. The number of amides is 1. The summed E-state index contributed by atoms with van der Waals surface area (Å²) in [5, 5.41) is 2.94. The minimum atomic E-state index is -0.478. The number of hydrogen-bond donors (Lipinski definition) is 1. The van der Waals surface area contributed by atoms with Gasteiger partial charge in [0.15, 0.2) is 0 Å². The molecule has 0 aliphatic heterocycles. The second-order valence-electron chi connectivity index (χ2n) is 6.00. The van der Waals surface area contributed by atoms with E-state index in [-0.39, 0.29) is 18.3 Å². The van der Waals surface area contributed by atoms with E-state index in [1.54, 1.807) is 6.07 Å². The number of carbonyl (C=O) groups excluding carboxylic acids is 2. The van der Waals surface area contributed by atoms with Crippen molar-refractivity contribution in [2.24, 2.45) is 0 Å². The van der Waals surface area contributed by atoms with Crippen molar-refractivity contribution in [1.29, 1.82) is 0 Å². The molecule has 1 unspecified atom stereocenters. The molecule has 27 heavy (non-hydrogen) atoms. The monoisotopic (exact) mass is 426 g/mol. The van der Waals surface area contributed by atoms with Crippen LogP contribution < -0.4 is 5.32 Å². The van der Waals surface area contributed by atoms with Gasteiger partial charge in [0.2, 0.25) is 0 Å². The van der Waals surface area contributed by atoms with E-state index in [1.165, 1.54) is 7.11 Å². The molecule has 0 saturated carbocycles. The third-order valence-electron chi connectivity index (χ3n) is 4.19. The fraction of sp³-hybridized carbons (Fsp3) is 0.143. The number of nitrogens with zero attached hydrogens (tertiary/aromatic N) is 1. The van der Waals surface area contributed by atoms with Crippen molar-refractivity contribution in [3.8, 4) is 5.69 Å². The number of esters is 1. The van der Waals surface area contributed by atoms with E-state index >= 15 is 0 Å². The first-order valence-electron chi connectivity index (χ1n) is 8.43. The van der Waals surface area contributed by atoms with Crippen LogP contribution in [0.2, 0.25) is 0 Å². The Labute approximate surface area is 166 Å². The first-order chi connectivity index (χ1) is 13.1. The van der Waals surface area contributed by atoms with Crippen molar-refractivity contribution in [3.63, 3.8) is 0 Å². The summed E-state index contributed by atoms with van der Waals surface area (Å²) in [4.78, 5) is 24.6. The topological polar surface area (TPSA) is 60.3 Å². The molecule has 0 radical (unpaired) electrons. The molecule has 1 aromatic heterocycles. The van der Waals surface area contributed by atoms with Crippen molar-refractivity contribution < 1.29 is 14.3 Å². The van der Waals surface area contributed by atoms with Crippen LogP contribution in [0.15, 0.2) is 77.5 Å². The van der Waals surface area contributed by atoms with Gasteiger partial charge >= 0.3 is 5.97 Å². The lowest BCUT2D eigenvalue weighted by molar-refractivity contribution is -0.141. The van der Waals surface area contributed by atoms with Gasteiger partial charge in [0.1, 0.15) is 0 Å². The van der Waals surface area contributed by atoms with Gasteiger partial charge in [-0.1, -0.05) is 34.1 Å². The molecule has 1 amide bonds. The summed E-state index contributed by atoms with van der Waals surface area (Å²) < 4.78 is 7.63. The molecule has 0 aliphatic rings. The fourth-order valence-electron chi connectivity index (χ4n) is 2.75. The van der Waals surface area contributed by atoms with E-state index in [9.17, 15) is 9.59 Å². The minimum absolute atomic E-state index is 0.0567. The molecule has 0 spiro atoms. The Bertz CT molecular complexity index is 921. The highest BCUT2D eigenvalue weighted by atomic mass is 79.9. The smallest absolute Gasteiger partial charge is 0.307 e. The molecular weight excluding hydrogens is 408 g/mol. The molecule has 0 bridgehead atoms. The van der Waals surface area contributed by atoms with Crippen molar-refractivity contribution in [1.82, 2.24) is 9.88 Å². The van der Waals surface area contributed by atoms with Crippen molar-refractivity contribution in [2.45, 2.75) is 12.5 Å². The van der Waals surface area contributed by atoms with Gasteiger partial charge in [-0.3, -0.25) is 9.59 Å².